The lowest BCUT2D eigenvalue weighted by Gasteiger charge is -2.34. The molecule has 0 aliphatic carbocycles. The number of β-amino-alcohol motifs (C(OH)–C–C–N with tert-alkyl or cyclic N) is 1. The van der Waals surface area contributed by atoms with Crippen LogP contribution in [0.15, 0.2) is 29.4 Å². The second-order valence-corrected chi connectivity index (χ2v) is 6.11. The maximum Gasteiger partial charge on any atom is 0.253 e. The summed E-state index contributed by atoms with van der Waals surface area (Å²) in [4.78, 5) is 16.6. The molecule has 1 fully saturated rings. The van der Waals surface area contributed by atoms with Crippen molar-refractivity contribution in [3.63, 3.8) is 0 Å². The van der Waals surface area contributed by atoms with Crippen molar-refractivity contribution in [2.45, 2.75) is 13.3 Å². The number of carbonyl (C=O) groups excluding carboxylic acids is 1. The van der Waals surface area contributed by atoms with Crippen molar-refractivity contribution in [2.75, 3.05) is 50.9 Å². The first-order valence-corrected chi connectivity index (χ1v) is 8.21. The van der Waals surface area contributed by atoms with Crippen LogP contribution < -0.4 is 5.01 Å². The summed E-state index contributed by atoms with van der Waals surface area (Å²) in [6, 6.07) is 7.72. The summed E-state index contributed by atoms with van der Waals surface area (Å²) < 4.78 is 0. The zero-order chi connectivity index (χ0) is 16.2. The lowest BCUT2D eigenvalue weighted by molar-refractivity contribution is 0.0615. The maximum absolute atomic E-state index is 12.6. The minimum atomic E-state index is 0.0845. The highest BCUT2D eigenvalue weighted by Gasteiger charge is 2.22. The molecule has 1 amide bonds. The highest BCUT2D eigenvalue weighted by Crippen LogP contribution is 2.20. The highest BCUT2D eigenvalue weighted by atomic mass is 16.3. The number of benzene rings is 1. The molecule has 1 N–H and O–H groups in total. The molecule has 3 rings (SSSR count). The Morgan fingerprint density at radius 2 is 1.83 bits per heavy atom. The first-order valence-electron chi connectivity index (χ1n) is 8.21. The zero-order valence-corrected chi connectivity index (χ0v) is 13.6. The van der Waals surface area contributed by atoms with Crippen LogP contribution in [0.25, 0.3) is 0 Å². The van der Waals surface area contributed by atoms with Crippen LogP contribution in [0, 0.1) is 0 Å². The summed E-state index contributed by atoms with van der Waals surface area (Å²) in [7, 11) is 0. The average molecular weight is 316 g/mol. The van der Waals surface area contributed by atoms with Crippen LogP contribution in [0.5, 0.6) is 0 Å². The fourth-order valence-electron chi connectivity index (χ4n) is 3.04. The van der Waals surface area contributed by atoms with Gasteiger partial charge in [0, 0.05) is 57.0 Å². The number of aliphatic hydroxyl groups excluding tert-OH is 1. The summed E-state index contributed by atoms with van der Waals surface area (Å²) in [5.74, 6) is 0.0845. The number of anilines is 1. The van der Waals surface area contributed by atoms with Crippen LogP contribution in [0.4, 0.5) is 5.69 Å². The molecule has 124 valence electrons. The van der Waals surface area contributed by atoms with E-state index in [1.165, 1.54) is 0 Å². The van der Waals surface area contributed by atoms with Gasteiger partial charge in [-0.1, -0.05) is 0 Å². The Bertz CT molecular complexity index is 577. The normalized spacial score (nSPS) is 19.1. The quantitative estimate of drug-likeness (QED) is 0.901. The van der Waals surface area contributed by atoms with Crippen molar-refractivity contribution in [1.82, 2.24) is 9.80 Å². The van der Waals surface area contributed by atoms with E-state index < -0.39 is 0 Å². The van der Waals surface area contributed by atoms with Crippen molar-refractivity contribution in [1.29, 1.82) is 0 Å². The molecule has 1 aromatic rings. The molecule has 23 heavy (non-hydrogen) atoms. The summed E-state index contributed by atoms with van der Waals surface area (Å²) >= 11 is 0. The summed E-state index contributed by atoms with van der Waals surface area (Å²) in [5.41, 5.74) is 2.90. The number of carbonyl (C=O) groups is 1. The van der Waals surface area contributed by atoms with E-state index in [9.17, 15) is 4.79 Å². The molecule has 2 aliphatic heterocycles. The van der Waals surface area contributed by atoms with Crippen LogP contribution in [0.3, 0.4) is 0 Å². The third-order valence-corrected chi connectivity index (χ3v) is 4.46. The monoisotopic (exact) mass is 316 g/mol. The Kier molecular flexibility index (Phi) is 4.93. The Morgan fingerprint density at radius 3 is 2.39 bits per heavy atom. The highest BCUT2D eigenvalue weighted by molar-refractivity contribution is 5.94. The van der Waals surface area contributed by atoms with Gasteiger partial charge in [-0.3, -0.25) is 14.7 Å². The minimum Gasteiger partial charge on any atom is -0.395 e. The van der Waals surface area contributed by atoms with E-state index in [4.69, 9.17) is 5.11 Å². The van der Waals surface area contributed by atoms with Gasteiger partial charge in [-0.05, 0) is 31.2 Å². The van der Waals surface area contributed by atoms with E-state index in [2.05, 4.69) is 10.0 Å². The zero-order valence-electron chi connectivity index (χ0n) is 13.6. The molecule has 6 nitrogen and oxygen atoms in total. The maximum atomic E-state index is 12.6. The number of hydrogen-bond donors (Lipinski definition) is 1. The molecule has 1 aromatic carbocycles. The van der Waals surface area contributed by atoms with Crippen molar-refractivity contribution in [3.05, 3.63) is 29.8 Å². The van der Waals surface area contributed by atoms with E-state index >= 15 is 0 Å². The topological polar surface area (TPSA) is 59.4 Å². The van der Waals surface area contributed by atoms with Gasteiger partial charge in [-0.25, -0.2) is 0 Å². The third kappa shape index (κ3) is 3.71. The molecule has 0 aromatic heterocycles. The first kappa shape index (κ1) is 16.0. The van der Waals surface area contributed by atoms with Crippen LogP contribution in [0.1, 0.15) is 23.7 Å². The minimum absolute atomic E-state index is 0.0845. The van der Waals surface area contributed by atoms with Gasteiger partial charge in [-0.15, -0.1) is 0 Å². The van der Waals surface area contributed by atoms with Gasteiger partial charge in [0.25, 0.3) is 5.91 Å². The molecule has 2 heterocycles. The largest absolute Gasteiger partial charge is 0.395 e. The molecule has 0 radical (unpaired) electrons. The number of hydrogen-bond acceptors (Lipinski definition) is 5. The van der Waals surface area contributed by atoms with E-state index in [0.29, 0.717) is 6.54 Å². The molecule has 6 heteroatoms. The fourth-order valence-corrected chi connectivity index (χ4v) is 3.04. The molecule has 2 aliphatic rings. The van der Waals surface area contributed by atoms with Crippen LogP contribution in [0.2, 0.25) is 0 Å². The van der Waals surface area contributed by atoms with Gasteiger partial charge in [0.15, 0.2) is 0 Å². The van der Waals surface area contributed by atoms with Gasteiger partial charge < -0.3 is 10.0 Å². The Hall–Kier alpha value is -1.92. The number of piperazine rings is 1. The standard InChI is InChI=1S/C17H24N4O2/c1-14-6-7-21(18-14)16-4-2-15(3-5-16)17(23)20-10-8-19(9-11-20)12-13-22/h2-5,22H,6-13H2,1H3. The van der Waals surface area contributed by atoms with Crippen molar-refractivity contribution in [3.8, 4) is 0 Å². The molecule has 0 atom stereocenters. The van der Waals surface area contributed by atoms with Crippen molar-refractivity contribution >= 4 is 17.3 Å². The van der Waals surface area contributed by atoms with Gasteiger partial charge in [0.05, 0.1) is 12.3 Å². The molecule has 0 unspecified atom stereocenters. The van der Waals surface area contributed by atoms with Gasteiger partial charge in [-0.2, -0.15) is 5.10 Å². The van der Waals surface area contributed by atoms with E-state index in [0.717, 1.165) is 56.1 Å². The van der Waals surface area contributed by atoms with Crippen LogP contribution in [-0.2, 0) is 0 Å². The Morgan fingerprint density at radius 1 is 1.13 bits per heavy atom. The molecule has 1 saturated heterocycles. The van der Waals surface area contributed by atoms with Crippen LogP contribution in [-0.4, -0.2) is 72.4 Å². The van der Waals surface area contributed by atoms with E-state index in [1.807, 2.05) is 41.1 Å². The summed E-state index contributed by atoms with van der Waals surface area (Å²) in [5, 5.41) is 15.4. The van der Waals surface area contributed by atoms with Gasteiger partial charge in [0.1, 0.15) is 0 Å². The van der Waals surface area contributed by atoms with Gasteiger partial charge in [0.2, 0.25) is 0 Å². The second-order valence-electron chi connectivity index (χ2n) is 6.11. The summed E-state index contributed by atoms with van der Waals surface area (Å²) in [6.45, 7) is 6.89. The van der Waals surface area contributed by atoms with Crippen LogP contribution >= 0.6 is 0 Å². The lowest BCUT2D eigenvalue weighted by atomic mass is 10.1. The lowest BCUT2D eigenvalue weighted by Crippen LogP contribution is -2.49. The van der Waals surface area contributed by atoms with E-state index in [-0.39, 0.29) is 12.5 Å². The number of rotatable bonds is 4. The fraction of sp³-hybridized carbons (Fsp3) is 0.529. The molecule has 0 saturated carbocycles. The SMILES string of the molecule is CC1=NN(c2ccc(C(=O)N3CCN(CCO)CC3)cc2)CC1. The van der Waals surface area contributed by atoms with E-state index in [1.54, 1.807) is 0 Å². The molecule has 0 spiro atoms. The molecular formula is C17H24N4O2. The van der Waals surface area contributed by atoms with Crippen molar-refractivity contribution in [2.24, 2.45) is 5.10 Å². The number of aliphatic hydroxyl groups is 1. The Balaban J connectivity index is 1.60. The predicted octanol–water partition coefficient (Wildman–Crippen LogP) is 1.02. The van der Waals surface area contributed by atoms with Gasteiger partial charge >= 0.3 is 0 Å². The number of hydrazone groups is 1. The number of amides is 1. The average Bonchev–Trinajstić information content (AvgIpc) is 3.02. The summed E-state index contributed by atoms with van der Waals surface area (Å²) in [6.07, 6.45) is 0.999. The van der Waals surface area contributed by atoms with Crippen molar-refractivity contribution < 1.29 is 9.90 Å². The molecule has 0 bridgehead atoms. The predicted molar refractivity (Wildman–Crippen MR) is 90.9 cm³/mol. The third-order valence-electron chi connectivity index (χ3n) is 4.46. The molecular weight excluding hydrogens is 292 g/mol. The first-order chi connectivity index (χ1) is 11.2. The second kappa shape index (κ2) is 7.10. The Labute approximate surface area is 137 Å². The number of nitrogens with zero attached hydrogens (tertiary/aromatic N) is 4. The smallest absolute Gasteiger partial charge is 0.253 e.